The lowest BCUT2D eigenvalue weighted by Crippen LogP contribution is -2.32. The van der Waals surface area contributed by atoms with Gasteiger partial charge in [0, 0.05) is 22.8 Å². The second-order valence-electron chi connectivity index (χ2n) is 7.68. The summed E-state index contributed by atoms with van der Waals surface area (Å²) in [7, 11) is 4.58. The van der Waals surface area contributed by atoms with E-state index in [1.165, 1.54) is 21.3 Å². The number of aromatic nitrogens is 1. The third-order valence-electron chi connectivity index (χ3n) is 5.67. The Balaban J connectivity index is 1.71. The molecule has 1 aliphatic rings. The fraction of sp³-hybridized carbons (Fsp3) is 0.240. The van der Waals surface area contributed by atoms with Crippen molar-refractivity contribution in [1.82, 2.24) is 9.88 Å². The summed E-state index contributed by atoms with van der Waals surface area (Å²) in [5.74, 6) is 1.34. The molecule has 0 aliphatic carbocycles. The summed E-state index contributed by atoms with van der Waals surface area (Å²) in [6.07, 6.45) is 1.61. The lowest BCUT2D eigenvalue weighted by Gasteiger charge is -2.29. The van der Waals surface area contributed by atoms with Crippen molar-refractivity contribution in [3.05, 3.63) is 75.9 Å². The molecule has 34 heavy (non-hydrogen) atoms. The number of methoxy groups -OCH3 is 3. The van der Waals surface area contributed by atoms with E-state index < -0.39 is 6.04 Å². The standard InChI is InChI=1S/C25H24BrN3O5/c1-32-20-10-16(11-21(33-2)24(20)34-3)19(12-23(30)28-22-9-8-17(26)13-27-22)29-14-15-6-4-5-7-18(15)25(29)31/h4-11,13,19H,12,14H2,1-3H3,(H,27,28,30). The van der Waals surface area contributed by atoms with Gasteiger partial charge in [-0.1, -0.05) is 18.2 Å². The van der Waals surface area contributed by atoms with Gasteiger partial charge < -0.3 is 24.4 Å². The van der Waals surface area contributed by atoms with Crippen molar-refractivity contribution in [2.75, 3.05) is 26.6 Å². The Hall–Kier alpha value is -3.59. The topological polar surface area (TPSA) is 90.0 Å². The van der Waals surface area contributed by atoms with E-state index >= 15 is 0 Å². The Morgan fingerprint density at radius 1 is 1.09 bits per heavy atom. The number of anilines is 1. The fourth-order valence-electron chi connectivity index (χ4n) is 4.05. The molecule has 0 bridgehead atoms. The second kappa shape index (κ2) is 10.1. The van der Waals surface area contributed by atoms with E-state index in [-0.39, 0.29) is 18.2 Å². The molecule has 4 rings (SSSR count). The number of fused-ring (bicyclic) bond motifs is 1. The minimum absolute atomic E-state index is 0.0100. The lowest BCUT2D eigenvalue weighted by molar-refractivity contribution is -0.117. The van der Waals surface area contributed by atoms with Gasteiger partial charge in [-0.15, -0.1) is 0 Å². The van der Waals surface area contributed by atoms with Gasteiger partial charge in [-0.2, -0.15) is 0 Å². The summed E-state index contributed by atoms with van der Waals surface area (Å²) in [6.45, 7) is 0.389. The minimum Gasteiger partial charge on any atom is -0.493 e. The van der Waals surface area contributed by atoms with Crippen LogP contribution >= 0.6 is 15.9 Å². The molecule has 8 nitrogen and oxygen atoms in total. The molecular formula is C25H24BrN3O5. The minimum atomic E-state index is -0.580. The van der Waals surface area contributed by atoms with Crippen LogP contribution in [0.25, 0.3) is 0 Å². The molecule has 1 N–H and O–H groups in total. The van der Waals surface area contributed by atoms with E-state index in [1.807, 2.05) is 18.2 Å². The van der Waals surface area contributed by atoms with Crippen LogP contribution in [0.15, 0.2) is 59.2 Å². The van der Waals surface area contributed by atoms with Crippen molar-refractivity contribution in [2.45, 2.75) is 19.0 Å². The van der Waals surface area contributed by atoms with E-state index in [0.29, 0.717) is 40.7 Å². The number of halogens is 1. The number of benzene rings is 2. The SMILES string of the molecule is COc1cc(C(CC(=O)Nc2ccc(Br)cn2)N2Cc3ccccc3C2=O)cc(OC)c1OC. The van der Waals surface area contributed by atoms with Crippen LogP contribution in [0.3, 0.4) is 0 Å². The van der Waals surface area contributed by atoms with E-state index in [1.54, 1.807) is 41.4 Å². The van der Waals surface area contributed by atoms with E-state index in [2.05, 4.69) is 26.2 Å². The van der Waals surface area contributed by atoms with Crippen molar-refractivity contribution in [3.8, 4) is 17.2 Å². The average molecular weight is 526 g/mol. The third kappa shape index (κ3) is 4.70. The van der Waals surface area contributed by atoms with Crippen molar-refractivity contribution in [2.24, 2.45) is 0 Å². The molecule has 1 atom stereocenters. The Kier molecular flexibility index (Phi) is 7.02. The molecule has 9 heteroatoms. The van der Waals surface area contributed by atoms with Crippen LogP contribution in [-0.2, 0) is 11.3 Å². The first-order valence-electron chi connectivity index (χ1n) is 10.5. The molecule has 0 radical (unpaired) electrons. The summed E-state index contributed by atoms with van der Waals surface area (Å²) >= 11 is 3.33. The summed E-state index contributed by atoms with van der Waals surface area (Å²) in [6, 6.07) is 13.9. The highest BCUT2D eigenvalue weighted by Crippen LogP contribution is 2.43. The molecule has 0 saturated heterocycles. The molecule has 0 saturated carbocycles. The maximum absolute atomic E-state index is 13.3. The highest BCUT2D eigenvalue weighted by Gasteiger charge is 2.35. The van der Waals surface area contributed by atoms with E-state index in [4.69, 9.17) is 14.2 Å². The molecule has 3 aromatic rings. The van der Waals surface area contributed by atoms with Gasteiger partial charge in [0.1, 0.15) is 5.82 Å². The molecule has 1 unspecified atom stereocenters. The van der Waals surface area contributed by atoms with Crippen LogP contribution in [0.4, 0.5) is 5.82 Å². The Labute approximate surface area is 206 Å². The second-order valence-corrected chi connectivity index (χ2v) is 8.59. The van der Waals surface area contributed by atoms with Gasteiger partial charge in [0.15, 0.2) is 11.5 Å². The van der Waals surface area contributed by atoms with Gasteiger partial charge in [-0.3, -0.25) is 9.59 Å². The smallest absolute Gasteiger partial charge is 0.255 e. The Morgan fingerprint density at radius 3 is 2.38 bits per heavy atom. The van der Waals surface area contributed by atoms with E-state index in [9.17, 15) is 9.59 Å². The number of ether oxygens (including phenoxy) is 3. The average Bonchev–Trinajstić information content (AvgIpc) is 3.19. The first-order chi connectivity index (χ1) is 16.4. The molecule has 176 valence electrons. The third-order valence-corrected chi connectivity index (χ3v) is 6.14. The molecule has 1 aromatic heterocycles. The molecule has 2 amide bonds. The van der Waals surface area contributed by atoms with Crippen LogP contribution in [0.1, 0.15) is 33.9 Å². The number of amides is 2. The Bertz CT molecular complexity index is 1190. The number of carbonyl (C=O) groups is 2. The molecule has 1 aliphatic heterocycles. The maximum Gasteiger partial charge on any atom is 0.255 e. The highest BCUT2D eigenvalue weighted by atomic mass is 79.9. The number of rotatable bonds is 8. The lowest BCUT2D eigenvalue weighted by atomic mass is 10.00. The summed E-state index contributed by atoms with van der Waals surface area (Å²) in [5.41, 5.74) is 2.24. The number of pyridine rings is 1. The van der Waals surface area contributed by atoms with Crippen molar-refractivity contribution < 1.29 is 23.8 Å². The van der Waals surface area contributed by atoms with E-state index in [0.717, 1.165) is 10.0 Å². The summed E-state index contributed by atoms with van der Waals surface area (Å²) < 4.78 is 17.3. The molecule has 2 heterocycles. The Morgan fingerprint density at radius 2 is 1.79 bits per heavy atom. The van der Waals surface area contributed by atoms with Gasteiger partial charge in [0.05, 0.1) is 33.8 Å². The quantitative estimate of drug-likeness (QED) is 0.462. The zero-order valence-electron chi connectivity index (χ0n) is 19.0. The van der Waals surface area contributed by atoms with Crippen molar-refractivity contribution in [3.63, 3.8) is 0 Å². The predicted octanol–water partition coefficient (Wildman–Crippen LogP) is 4.60. The van der Waals surface area contributed by atoms with Gasteiger partial charge >= 0.3 is 0 Å². The normalized spacial score (nSPS) is 13.3. The van der Waals surface area contributed by atoms with Gasteiger partial charge in [0.25, 0.3) is 5.91 Å². The number of nitrogens with one attached hydrogen (secondary N) is 1. The van der Waals surface area contributed by atoms with Crippen LogP contribution < -0.4 is 19.5 Å². The van der Waals surface area contributed by atoms with Crippen LogP contribution in [0.2, 0.25) is 0 Å². The maximum atomic E-state index is 13.3. The first kappa shape index (κ1) is 23.6. The van der Waals surface area contributed by atoms with Crippen LogP contribution in [0, 0.1) is 0 Å². The zero-order chi connectivity index (χ0) is 24.2. The molecular weight excluding hydrogens is 502 g/mol. The number of nitrogens with zero attached hydrogens (tertiary/aromatic N) is 2. The summed E-state index contributed by atoms with van der Waals surface area (Å²) in [5, 5.41) is 2.81. The molecule has 2 aromatic carbocycles. The monoisotopic (exact) mass is 525 g/mol. The van der Waals surface area contributed by atoms with Crippen molar-refractivity contribution in [1.29, 1.82) is 0 Å². The highest BCUT2D eigenvalue weighted by molar-refractivity contribution is 9.10. The predicted molar refractivity (Wildman–Crippen MR) is 130 cm³/mol. The number of hydrogen-bond donors (Lipinski definition) is 1. The van der Waals surface area contributed by atoms with Crippen LogP contribution in [-0.4, -0.2) is 43.0 Å². The largest absolute Gasteiger partial charge is 0.493 e. The van der Waals surface area contributed by atoms with Crippen molar-refractivity contribution >= 4 is 33.6 Å². The van der Waals surface area contributed by atoms with Gasteiger partial charge in [-0.25, -0.2) is 4.98 Å². The van der Waals surface area contributed by atoms with Crippen LogP contribution in [0.5, 0.6) is 17.2 Å². The van der Waals surface area contributed by atoms with Gasteiger partial charge in [0.2, 0.25) is 11.7 Å². The summed E-state index contributed by atoms with van der Waals surface area (Å²) in [4.78, 5) is 32.3. The first-order valence-corrected chi connectivity index (χ1v) is 11.3. The zero-order valence-corrected chi connectivity index (χ0v) is 20.6. The molecule has 0 spiro atoms. The molecule has 0 fully saturated rings. The van der Waals surface area contributed by atoms with Gasteiger partial charge in [-0.05, 0) is 57.4 Å². The fourth-order valence-corrected chi connectivity index (χ4v) is 4.28. The number of hydrogen-bond acceptors (Lipinski definition) is 6. The number of carbonyl (C=O) groups excluding carboxylic acids is 2.